The molecular formula is C33H37NO4. The Bertz CT molecular complexity index is 1260. The van der Waals surface area contributed by atoms with Crippen LogP contribution in [0.15, 0.2) is 97.1 Å². The smallest absolute Gasteiger partial charge is 0.119 e. The molecule has 0 aromatic heterocycles. The molecule has 1 saturated heterocycles. The molecule has 198 valence electrons. The summed E-state index contributed by atoms with van der Waals surface area (Å²) in [6.07, 6.45) is 0.895. The summed E-state index contributed by atoms with van der Waals surface area (Å²) < 4.78 is 24.1. The van der Waals surface area contributed by atoms with Crippen LogP contribution < -0.4 is 10.1 Å². The molecule has 0 saturated carbocycles. The Kier molecular flexibility index (Phi) is 9.40. The molecule has 4 aromatic rings. The van der Waals surface area contributed by atoms with E-state index in [9.17, 15) is 0 Å². The largest absolute Gasteiger partial charge is 0.494 e. The molecule has 0 aliphatic carbocycles. The van der Waals surface area contributed by atoms with Gasteiger partial charge in [-0.2, -0.15) is 0 Å². The highest BCUT2D eigenvalue weighted by molar-refractivity contribution is 5.82. The minimum atomic E-state index is 0.00806. The van der Waals surface area contributed by atoms with Crippen molar-refractivity contribution < 1.29 is 18.9 Å². The van der Waals surface area contributed by atoms with Crippen molar-refractivity contribution in [1.29, 1.82) is 0 Å². The summed E-state index contributed by atoms with van der Waals surface area (Å²) in [5, 5.41) is 5.96. The minimum Gasteiger partial charge on any atom is -0.494 e. The first-order valence-corrected chi connectivity index (χ1v) is 13.5. The van der Waals surface area contributed by atoms with E-state index >= 15 is 0 Å². The quantitative estimate of drug-likeness (QED) is 0.233. The Morgan fingerprint density at radius 2 is 1.47 bits per heavy atom. The van der Waals surface area contributed by atoms with Gasteiger partial charge in [-0.25, -0.2) is 0 Å². The van der Waals surface area contributed by atoms with Crippen LogP contribution in [0.4, 0.5) is 0 Å². The minimum absolute atomic E-state index is 0.00806. The lowest BCUT2D eigenvalue weighted by Crippen LogP contribution is -2.50. The van der Waals surface area contributed by atoms with Gasteiger partial charge < -0.3 is 24.3 Å². The molecule has 0 radical (unpaired) electrons. The first kappa shape index (κ1) is 26.4. The van der Waals surface area contributed by atoms with Gasteiger partial charge in [0.2, 0.25) is 0 Å². The van der Waals surface area contributed by atoms with Gasteiger partial charge in [-0.3, -0.25) is 0 Å². The Hall–Kier alpha value is -3.22. The highest BCUT2D eigenvalue weighted by atomic mass is 16.5. The average molecular weight is 512 g/mol. The molecule has 3 atom stereocenters. The monoisotopic (exact) mass is 511 g/mol. The highest BCUT2D eigenvalue weighted by Gasteiger charge is 2.35. The molecule has 0 spiro atoms. The summed E-state index contributed by atoms with van der Waals surface area (Å²) in [7, 11) is 1.78. The number of fused-ring (bicyclic) bond motifs is 1. The number of ether oxygens (including phenoxy) is 4. The van der Waals surface area contributed by atoms with Crippen LogP contribution in [0.5, 0.6) is 5.75 Å². The molecule has 5 nitrogen and oxygen atoms in total. The Morgan fingerprint density at radius 1 is 0.711 bits per heavy atom. The van der Waals surface area contributed by atoms with Crippen molar-refractivity contribution >= 4 is 10.8 Å². The third-order valence-electron chi connectivity index (χ3n) is 7.15. The molecule has 1 fully saturated rings. The van der Waals surface area contributed by atoms with Gasteiger partial charge in [0.25, 0.3) is 0 Å². The van der Waals surface area contributed by atoms with Crippen molar-refractivity contribution in [3.63, 3.8) is 0 Å². The molecular weight excluding hydrogens is 474 g/mol. The fraction of sp³-hybridized carbons (Fsp3) is 0.333. The number of hydrogen-bond donors (Lipinski definition) is 1. The van der Waals surface area contributed by atoms with E-state index in [1.165, 1.54) is 27.5 Å². The molecule has 38 heavy (non-hydrogen) atoms. The summed E-state index contributed by atoms with van der Waals surface area (Å²) in [6.45, 7) is 4.10. The van der Waals surface area contributed by atoms with Gasteiger partial charge in [0.15, 0.2) is 0 Å². The molecule has 1 aliphatic heterocycles. The van der Waals surface area contributed by atoms with E-state index < -0.39 is 0 Å². The third kappa shape index (κ3) is 7.00. The second-order valence-corrected chi connectivity index (χ2v) is 9.80. The van der Waals surface area contributed by atoms with Gasteiger partial charge in [0, 0.05) is 32.5 Å². The van der Waals surface area contributed by atoms with Crippen molar-refractivity contribution in [3.05, 3.63) is 114 Å². The van der Waals surface area contributed by atoms with Crippen molar-refractivity contribution in [2.45, 2.75) is 37.8 Å². The number of hydrogen-bond acceptors (Lipinski definition) is 5. The Morgan fingerprint density at radius 3 is 2.29 bits per heavy atom. The van der Waals surface area contributed by atoms with Crippen LogP contribution in [0, 0.1) is 0 Å². The lowest BCUT2D eigenvalue weighted by molar-refractivity contribution is -0.0463. The third-order valence-corrected chi connectivity index (χ3v) is 7.15. The van der Waals surface area contributed by atoms with Crippen molar-refractivity contribution in [1.82, 2.24) is 5.32 Å². The van der Waals surface area contributed by atoms with Crippen LogP contribution in [0.25, 0.3) is 10.8 Å². The van der Waals surface area contributed by atoms with E-state index in [0.29, 0.717) is 26.4 Å². The van der Waals surface area contributed by atoms with Crippen LogP contribution >= 0.6 is 0 Å². The first-order chi connectivity index (χ1) is 18.8. The molecule has 5 heteroatoms. The fourth-order valence-electron chi connectivity index (χ4n) is 5.12. The summed E-state index contributed by atoms with van der Waals surface area (Å²) in [6, 6.07) is 33.6. The normalized spacial score (nSPS) is 19.4. The molecule has 0 amide bonds. The van der Waals surface area contributed by atoms with E-state index in [0.717, 1.165) is 25.3 Å². The van der Waals surface area contributed by atoms with Crippen LogP contribution in [0.2, 0.25) is 0 Å². The maximum Gasteiger partial charge on any atom is 0.119 e. The second-order valence-electron chi connectivity index (χ2n) is 9.80. The predicted octanol–water partition coefficient (Wildman–Crippen LogP) is 6.11. The van der Waals surface area contributed by atoms with Crippen LogP contribution in [0.1, 0.15) is 29.0 Å². The van der Waals surface area contributed by atoms with Crippen molar-refractivity contribution in [2.75, 3.05) is 33.4 Å². The van der Waals surface area contributed by atoms with Crippen molar-refractivity contribution in [2.24, 2.45) is 0 Å². The average Bonchev–Trinajstić information content (AvgIpc) is 2.98. The zero-order valence-corrected chi connectivity index (χ0v) is 22.1. The number of methoxy groups -OCH3 is 1. The lowest BCUT2D eigenvalue weighted by Gasteiger charge is -2.38. The summed E-state index contributed by atoms with van der Waals surface area (Å²) in [4.78, 5) is 0. The van der Waals surface area contributed by atoms with Crippen LogP contribution in [0.3, 0.4) is 0 Å². The molecule has 3 unspecified atom stereocenters. The SMILES string of the molecule is COC1CNCC(OCc2ccc3ccccc3c2)C1c1ccc(OCCCOCc2ccccc2)cc1. The number of nitrogens with one attached hydrogen (secondary N) is 1. The maximum atomic E-state index is 6.49. The summed E-state index contributed by atoms with van der Waals surface area (Å²) >= 11 is 0. The number of rotatable bonds is 12. The van der Waals surface area contributed by atoms with Gasteiger partial charge in [0.1, 0.15) is 5.75 Å². The molecule has 5 rings (SSSR count). The molecule has 1 heterocycles. The predicted molar refractivity (Wildman–Crippen MR) is 152 cm³/mol. The maximum absolute atomic E-state index is 6.49. The van der Waals surface area contributed by atoms with E-state index in [2.05, 4.69) is 84.2 Å². The molecule has 1 aliphatic rings. The van der Waals surface area contributed by atoms with E-state index in [1.807, 2.05) is 18.2 Å². The van der Waals surface area contributed by atoms with E-state index in [1.54, 1.807) is 7.11 Å². The van der Waals surface area contributed by atoms with Gasteiger partial charge >= 0.3 is 0 Å². The fourth-order valence-corrected chi connectivity index (χ4v) is 5.12. The van der Waals surface area contributed by atoms with Crippen LogP contribution in [-0.2, 0) is 27.4 Å². The van der Waals surface area contributed by atoms with E-state index in [4.69, 9.17) is 18.9 Å². The zero-order valence-electron chi connectivity index (χ0n) is 22.1. The first-order valence-electron chi connectivity index (χ1n) is 13.5. The van der Waals surface area contributed by atoms with Gasteiger partial charge in [-0.15, -0.1) is 0 Å². The second kappa shape index (κ2) is 13.5. The van der Waals surface area contributed by atoms with Crippen LogP contribution in [-0.4, -0.2) is 45.6 Å². The Balaban J connectivity index is 1.14. The lowest BCUT2D eigenvalue weighted by atomic mass is 9.85. The van der Waals surface area contributed by atoms with Gasteiger partial charge in [0.05, 0.1) is 38.6 Å². The number of benzene rings is 4. The van der Waals surface area contributed by atoms with Gasteiger partial charge in [-0.1, -0.05) is 78.9 Å². The summed E-state index contributed by atoms with van der Waals surface area (Å²) in [5.74, 6) is 1.01. The standard InChI is InChI=1S/C33H37NO4/c1-35-31-21-34-22-32(38-24-26-12-13-27-10-5-6-11-29(27)20-26)33(31)28-14-16-30(17-15-28)37-19-7-18-36-23-25-8-3-2-4-9-25/h2-6,8-17,20,31-34H,7,18-19,21-24H2,1H3. The van der Waals surface area contributed by atoms with Crippen molar-refractivity contribution in [3.8, 4) is 5.75 Å². The number of piperidine rings is 1. The topological polar surface area (TPSA) is 49.0 Å². The molecule has 1 N–H and O–H groups in total. The summed E-state index contributed by atoms with van der Waals surface area (Å²) in [5.41, 5.74) is 3.58. The zero-order chi connectivity index (χ0) is 26.0. The highest BCUT2D eigenvalue weighted by Crippen LogP contribution is 2.32. The van der Waals surface area contributed by atoms with E-state index in [-0.39, 0.29) is 18.1 Å². The van der Waals surface area contributed by atoms with Gasteiger partial charge in [-0.05, 0) is 45.7 Å². The Labute approximate surface area is 225 Å². The molecule has 0 bridgehead atoms. The molecule has 4 aromatic carbocycles.